The number of rotatable bonds is 7. The molecule has 1 fully saturated rings. The summed E-state index contributed by atoms with van der Waals surface area (Å²) in [7, 11) is 1.87. The van der Waals surface area contributed by atoms with Crippen LogP contribution in [-0.4, -0.2) is 37.1 Å². The van der Waals surface area contributed by atoms with Gasteiger partial charge in [-0.1, -0.05) is 19.8 Å². The fourth-order valence-electron chi connectivity index (χ4n) is 2.80. The molecule has 3 heteroatoms. The zero-order valence-corrected chi connectivity index (χ0v) is 12.3. The standard InChI is InChI=1S/C15H29N3/c1-4-6-14-7-11-18(12-8-14)10-5-9-15(2,13-16)17-3/h14,17H,4-12H2,1-3H3. The van der Waals surface area contributed by atoms with E-state index in [2.05, 4.69) is 23.2 Å². The monoisotopic (exact) mass is 251 g/mol. The van der Waals surface area contributed by atoms with E-state index in [0.717, 1.165) is 25.3 Å². The van der Waals surface area contributed by atoms with Gasteiger partial charge in [-0.25, -0.2) is 0 Å². The van der Waals surface area contributed by atoms with Crippen molar-refractivity contribution in [1.82, 2.24) is 10.2 Å². The third-order valence-electron chi connectivity index (χ3n) is 4.35. The number of nitriles is 1. The van der Waals surface area contributed by atoms with E-state index in [1.165, 1.54) is 38.8 Å². The molecule has 0 aromatic carbocycles. The summed E-state index contributed by atoms with van der Waals surface area (Å²) in [5.41, 5.74) is -0.347. The average Bonchev–Trinajstić information content (AvgIpc) is 2.41. The average molecular weight is 251 g/mol. The summed E-state index contributed by atoms with van der Waals surface area (Å²) in [6.45, 7) is 7.94. The van der Waals surface area contributed by atoms with Crippen LogP contribution < -0.4 is 5.32 Å². The highest BCUT2D eigenvalue weighted by Gasteiger charge is 2.22. The van der Waals surface area contributed by atoms with Crippen LogP contribution in [-0.2, 0) is 0 Å². The molecule has 0 aromatic heterocycles. The number of hydrogen-bond acceptors (Lipinski definition) is 3. The highest BCUT2D eigenvalue weighted by atomic mass is 15.1. The Morgan fingerprint density at radius 1 is 1.39 bits per heavy atom. The summed E-state index contributed by atoms with van der Waals surface area (Å²) in [5.74, 6) is 0.966. The van der Waals surface area contributed by atoms with Crippen LogP contribution in [0, 0.1) is 17.2 Å². The van der Waals surface area contributed by atoms with Gasteiger partial charge >= 0.3 is 0 Å². The Kier molecular flexibility index (Phi) is 6.67. The molecule has 1 saturated heterocycles. The molecule has 1 aliphatic heterocycles. The van der Waals surface area contributed by atoms with Crippen LogP contribution in [0.2, 0.25) is 0 Å². The van der Waals surface area contributed by atoms with E-state index in [0.29, 0.717) is 0 Å². The second kappa shape index (κ2) is 7.76. The van der Waals surface area contributed by atoms with Crippen molar-refractivity contribution >= 4 is 0 Å². The lowest BCUT2D eigenvalue weighted by molar-refractivity contribution is 0.173. The molecule has 1 rings (SSSR count). The van der Waals surface area contributed by atoms with Gasteiger partial charge in [-0.15, -0.1) is 0 Å². The molecule has 0 saturated carbocycles. The molecule has 0 aliphatic carbocycles. The van der Waals surface area contributed by atoms with Gasteiger partial charge < -0.3 is 10.2 Å². The minimum Gasteiger partial charge on any atom is -0.303 e. The van der Waals surface area contributed by atoms with Crippen molar-refractivity contribution in [2.45, 2.75) is 57.9 Å². The van der Waals surface area contributed by atoms with E-state index in [1.807, 2.05) is 14.0 Å². The lowest BCUT2D eigenvalue weighted by Gasteiger charge is -2.32. The minimum atomic E-state index is -0.347. The van der Waals surface area contributed by atoms with Gasteiger partial charge in [0.2, 0.25) is 0 Å². The van der Waals surface area contributed by atoms with E-state index < -0.39 is 0 Å². The van der Waals surface area contributed by atoms with Gasteiger partial charge in [0, 0.05) is 0 Å². The van der Waals surface area contributed by atoms with Gasteiger partial charge in [0.25, 0.3) is 0 Å². The molecular formula is C15H29N3. The summed E-state index contributed by atoms with van der Waals surface area (Å²) in [6, 6.07) is 2.36. The van der Waals surface area contributed by atoms with E-state index in [1.54, 1.807) is 0 Å². The lowest BCUT2D eigenvalue weighted by Crippen LogP contribution is -2.40. The highest BCUT2D eigenvalue weighted by Crippen LogP contribution is 2.22. The van der Waals surface area contributed by atoms with Crippen molar-refractivity contribution in [2.75, 3.05) is 26.7 Å². The number of nitrogens with zero attached hydrogens (tertiary/aromatic N) is 2. The third kappa shape index (κ3) is 4.96. The molecule has 0 aromatic rings. The molecule has 1 N–H and O–H groups in total. The minimum absolute atomic E-state index is 0.347. The predicted molar refractivity (Wildman–Crippen MR) is 76.4 cm³/mol. The van der Waals surface area contributed by atoms with E-state index in [4.69, 9.17) is 5.26 Å². The molecule has 1 aliphatic rings. The summed E-state index contributed by atoms with van der Waals surface area (Å²) < 4.78 is 0. The lowest BCUT2D eigenvalue weighted by atomic mass is 9.92. The molecule has 0 spiro atoms. The van der Waals surface area contributed by atoms with E-state index in [9.17, 15) is 0 Å². The maximum absolute atomic E-state index is 9.09. The van der Waals surface area contributed by atoms with Crippen molar-refractivity contribution in [3.8, 4) is 6.07 Å². The Hall–Kier alpha value is -0.590. The predicted octanol–water partition coefficient (Wildman–Crippen LogP) is 2.78. The zero-order valence-electron chi connectivity index (χ0n) is 12.3. The summed E-state index contributed by atoms with van der Waals surface area (Å²) >= 11 is 0. The van der Waals surface area contributed by atoms with Crippen molar-refractivity contribution in [3.63, 3.8) is 0 Å². The van der Waals surface area contributed by atoms with Gasteiger partial charge in [0.1, 0.15) is 5.54 Å². The highest BCUT2D eigenvalue weighted by molar-refractivity contribution is 5.02. The van der Waals surface area contributed by atoms with Gasteiger partial charge in [-0.05, 0) is 65.2 Å². The van der Waals surface area contributed by atoms with Crippen LogP contribution >= 0.6 is 0 Å². The molecule has 18 heavy (non-hydrogen) atoms. The first kappa shape index (κ1) is 15.5. The molecule has 1 unspecified atom stereocenters. The number of nitrogens with one attached hydrogen (secondary N) is 1. The van der Waals surface area contributed by atoms with Crippen LogP contribution in [0.4, 0.5) is 0 Å². The SMILES string of the molecule is CCCC1CCN(CCCC(C)(C#N)NC)CC1. The molecule has 0 amide bonds. The topological polar surface area (TPSA) is 39.1 Å². The summed E-state index contributed by atoms with van der Waals surface area (Å²) in [6.07, 6.45) is 7.52. The van der Waals surface area contributed by atoms with Gasteiger partial charge in [-0.2, -0.15) is 5.26 Å². The summed E-state index contributed by atoms with van der Waals surface area (Å²) in [5, 5.41) is 12.2. The van der Waals surface area contributed by atoms with Gasteiger partial charge in [0.05, 0.1) is 6.07 Å². The van der Waals surface area contributed by atoms with Gasteiger partial charge in [0.15, 0.2) is 0 Å². The maximum Gasteiger partial charge on any atom is 0.103 e. The first-order valence-electron chi connectivity index (χ1n) is 7.46. The molecular weight excluding hydrogens is 222 g/mol. The Bertz CT molecular complexity index is 263. The Labute approximate surface area is 113 Å². The number of hydrogen-bond donors (Lipinski definition) is 1. The first-order chi connectivity index (χ1) is 8.63. The van der Waals surface area contributed by atoms with Crippen LogP contribution in [0.5, 0.6) is 0 Å². The van der Waals surface area contributed by atoms with Crippen LogP contribution in [0.25, 0.3) is 0 Å². The molecule has 104 valence electrons. The van der Waals surface area contributed by atoms with Crippen LogP contribution in [0.15, 0.2) is 0 Å². The van der Waals surface area contributed by atoms with Crippen molar-refractivity contribution < 1.29 is 0 Å². The molecule has 3 nitrogen and oxygen atoms in total. The largest absolute Gasteiger partial charge is 0.303 e. The molecule has 0 radical (unpaired) electrons. The van der Waals surface area contributed by atoms with Crippen LogP contribution in [0.3, 0.4) is 0 Å². The fourth-order valence-corrected chi connectivity index (χ4v) is 2.80. The molecule has 1 atom stereocenters. The van der Waals surface area contributed by atoms with Crippen molar-refractivity contribution in [1.29, 1.82) is 5.26 Å². The summed E-state index contributed by atoms with van der Waals surface area (Å²) in [4.78, 5) is 2.57. The Morgan fingerprint density at radius 3 is 2.56 bits per heavy atom. The normalized spacial score (nSPS) is 21.4. The smallest absolute Gasteiger partial charge is 0.103 e. The van der Waals surface area contributed by atoms with Crippen molar-refractivity contribution in [3.05, 3.63) is 0 Å². The zero-order chi connectivity index (χ0) is 13.4. The van der Waals surface area contributed by atoms with E-state index >= 15 is 0 Å². The fraction of sp³-hybridized carbons (Fsp3) is 0.933. The van der Waals surface area contributed by atoms with E-state index in [-0.39, 0.29) is 5.54 Å². The first-order valence-corrected chi connectivity index (χ1v) is 7.46. The van der Waals surface area contributed by atoms with Gasteiger partial charge in [-0.3, -0.25) is 0 Å². The van der Waals surface area contributed by atoms with Crippen LogP contribution in [0.1, 0.15) is 52.4 Å². The molecule has 1 heterocycles. The second-order valence-corrected chi connectivity index (χ2v) is 5.87. The quantitative estimate of drug-likeness (QED) is 0.756. The number of likely N-dealkylation sites (tertiary alicyclic amines) is 1. The third-order valence-corrected chi connectivity index (χ3v) is 4.35. The molecule has 0 bridgehead atoms. The second-order valence-electron chi connectivity index (χ2n) is 5.87. The number of piperidine rings is 1. The Balaban J connectivity index is 2.17. The Morgan fingerprint density at radius 2 is 2.06 bits per heavy atom. The van der Waals surface area contributed by atoms with Crippen molar-refractivity contribution in [2.24, 2.45) is 5.92 Å². The maximum atomic E-state index is 9.09.